The Morgan fingerprint density at radius 3 is 2.01 bits per heavy atom. The molecule has 17 atom stereocenters. The Morgan fingerprint density at radius 2 is 1.31 bits per heavy atom. The maximum Gasteiger partial charge on any atom is 0.328 e. The predicted octanol–water partition coefficient (Wildman–Crippen LogP) is 14.2. The highest BCUT2D eigenvalue weighted by Gasteiger charge is 2.62. The van der Waals surface area contributed by atoms with Gasteiger partial charge in [-0.1, -0.05) is 83.2 Å². The lowest BCUT2D eigenvalue weighted by Gasteiger charge is -2.62. The molecule has 2 aromatic carbocycles. The molecule has 16 heteroatoms. The molecule has 468 valence electrons. The highest BCUT2D eigenvalue weighted by Crippen LogP contribution is 2.69. The Bertz CT molecular complexity index is 3280. The summed E-state index contributed by atoms with van der Waals surface area (Å²) in [6.45, 7) is 18.9. The molecule has 12 rings (SSSR count). The summed E-state index contributed by atoms with van der Waals surface area (Å²) in [5.74, 6) is 6.40. The van der Waals surface area contributed by atoms with Crippen molar-refractivity contribution in [3.63, 3.8) is 0 Å². The van der Waals surface area contributed by atoms with Gasteiger partial charge in [0.15, 0.2) is 0 Å². The zero-order chi connectivity index (χ0) is 60.5. The number of benzene rings is 2. The number of aromatic nitrogens is 7. The molecule has 3 heterocycles. The van der Waals surface area contributed by atoms with Crippen LogP contribution in [0.5, 0.6) is 0 Å². The van der Waals surface area contributed by atoms with E-state index in [2.05, 4.69) is 110 Å². The van der Waals surface area contributed by atoms with Gasteiger partial charge in [0.1, 0.15) is 24.0 Å². The number of nitrogens with zero attached hydrogens (tertiary/aromatic N) is 7. The molecular weight excluding hydrogens is 1100 g/mol. The van der Waals surface area contributed by atoms with E-state index in [-0.39, 0.29) is 46.8 Å². The SMILES string of the molecule is COC(=O)CC[C@@H](C)C(C)C1(C)CCC2[C@@H](CC[C@@H]3C[C@H](OC(=O)Cn4cc(-c5ccc6c7ccc(-c8cn(C[C@]9(O)CCC%10(C)C%11CCC%12(C)C([C@H](C)CCC(=O)OC)CC[C@H]%12[C@@H]%11CC[C@@H]%10C9)nn8)cc7n(CCNCl)c6c5)nn4)CCC23C)C1. The van der Waals surface area contributed by atoms with E-state index in [0.717, 1.165) is 108 Å². The first kappa shape index (κ1) is 61.4. The Balaban J connectivity index is 0.664. The first-order valence-corrected chi connectivity index (χ1v) is 33.8. The van der Waals surface area contributed by atoms with Crippen LogP contribution in [0.1, 0.15) is 183 Å². The molecule has 7 fully saturated rings. The molecule has 0 spiro atoms. The summed E-state index contributed by atoms with van der Waals surface area (Å²) in [7, 11) is 2.98. The molecule has 0 saturated heterocycles. The van der Waals surface area contributed by atoms with Crippen LogP contribution in [0.4, 0.5) is 0 Å². The fourth-order valence-corrected chi connectivity index (χ4v) is 21.0. The first-order valence-electron chi connectivity index (χ1n) is 33.4. The van der Waals surface area contributed by atoms with Gasteiger partial charge in [-0.3, -0.25) is 14.4 Å². The Kier molecular flexibility index (Phi) is 17.2. The van der Waals surface area contributed by atoms with Gasteiger partial charge in [-0.15, -0.1) is 10.2 Å². The smallest absolute Gasteiger partial charge is 0.328 e. The van der Waals surface area contributed by atoms with E-state index in [1.807, 2.05) is 17.1 Å². The van der Waals surface area contributed by atoms with E-state index in [9.17, 15) is 19.5 Å². The monoisotopic (exact) mass is 1200 g/mol. The molecule has 7 aliphatic rings. The van der Waals surface area contributed by atoms with Crippen LogP contribution in [-0.2, 0) is 48.2 Å². The fourth-order valence-electron chi connectivity index (χ4n) is 20.9. The Morgan fingerprint density at radius 1 is 0.686 bits per heavy atom. The van der Waals surface area contributed by atoms with Gasteiger partial charge in [0.2, 0.25) is 0 Å². The number of methoxy groups -OCH3 is 2. The minimum atomic E-state index is -0.844. The zero-order valence-electron chi connectivity index (χ0n) is 53.1. The average Bonchev–Trinajstić information content (AvgIpc) is 1.30. The lowest BCUT2D eigenvalue weighted by molar-refractivity contribution is -0.161. The largest absolute Gasteiger partial charge is 0.469 e. The fraction of sp³-hybridized carbons (Fsp3) is 0.729. The van der Waals surface area contributed by atoms with Crippen molar-refractivity contribution in [1.82, 2.24) is 39.4 Å². The van der Waals surface area contributed by atoms with Crippen molar-refractivity contribution in [3.05, 3.63) is 48.8 Å². The van der Waals surface area contributed by atoms with Crippen LogP contribution in [0, 0.1) is 86.8 Å². The van der Waals surface area contributed by atoms with Gasteiger partial charge in [-0.2, -0.15) is 0 Å². The summed E-state index contributed by atoms with van der Waals surface area (Å²) < 4.78 is 22.0. The van der Waals surface area contributed by atoms with Crippen LogP contribution < -0.4 is 4.84 Å². The Labute approximate surface area is 515 Å². The van der Waals surface area contributed by atoms with Gasteiger partial charge in [0.25, 0.3) is 0 Å². The number of ether oxygens (including phenoxy) is 3. The van der Waals surface area contributed by atoms with Gasteiger partial charge >= 0.3 is 17.9 Å². The third kappa shape index (κ3) is 11.4. The Hall–Kier alpha value is -4.86. The van der Waals surface area contributed by atoms with Crippen molar-refractivity contribution in [2.75, 3.05) is 20.8 Å². The molecule has 8 unspecified atom stereocenters. The number of esters is 3. The van der Waals surface area contributed by atoms with Crippen molar-refractivity contribution < 1.29 is 33.7 Å². The van der Waals surface area contributed by atoms with E-state index in [4.69, 9.17) is 31.1 Å². The third-order valence-electron chi connectivity index (χ3n) is 26.2. The number of nitrogens with one attached hydrogen (secondary N) is 1. The predicted molar refractivity (Wildman–Crippen MR) is 335 cm³/mol. The second-order valence-electron chi connectivity index (χ2n) is 30.3. The number of hydrogen-bond acceptors (Lipinski definition) is 12. The van der Waals surface area contributed by atoms with Crippen molar-refractivity contribution in [1.29, 1.82) is 0 Å². The number of rotatable bonds is 19. The van der Waals surface area contributed by atoms with Gasteiger partial charge in [-0.25, -0.2) is 14.2 Å². The van der Waals surface area contributed by atoms with E-state index < -0.39 is 5.60 Å². The number of carbonyl (C=O) groups excluding carboxylic acids is 3. The van der Waals surface area contributed by atoms with Crippen LogP contribution in [-0.4, -0.2) is 90.0 Å². The van der Waals surface area contributed by atoms with E-state index in [0.29, 0.717) is 90.9 Å². The van der Waals surface area contributed by atoms with Crippen molar-refractivity contribution in [2.45, 2.75) is 215 Å². The maximum absolute atomic E-state index is 13.6. The number of hydrogen-bond donors (Lipinski definition) is 2. The van der Waals surface area contributed by atoms with Crippen LogP contribution in [0.15, 0.2) is 48.8 Å². The summed E-state index contributed by atoms with van der Waals surface area (Å²) in [5, 5.41) is 33.0. The average molecular weight is 1200 g/mol. The normalized spacial score (nSPS) is 35.1. The molecule has 5 aromatic rings. The summed E-state index contributed by atoms with van der Waals surface area (Å²) in [4.78, 5) is 40.4. The third-order valence-corrected chi connectivity index (χ3v) is 26.3. The molecule has 2 N–H and O–H groups in total. The molecule has 0 bridgehead atoms. The molecule has 0 amide bonds. The lowest BCUT2D eigenvalue weighted by Crippen LogP contribution is -2.56. The second-order valence-corrected chi connectivity index (χ2v) is 30.6. The van der Waals surface area contributed by atoms with E-state index >= 15 is 0 Å². The second kappa shape index (κ2) is 24.2. The van der Waals surface area contributed by atoms with E-state index in [1.54, 1.807) is 4.68 Å². The number of aliphatic hydroxyl groups is 1. The van der Waals surface area contributed by atoms with Crippen LogP contribution in [0.3, 0.4) is 0 Å². The van der Waals surface area contributed by atoms with Gasteiger partial charge in [0, 0.05) is 58.9 Å². The molecule has 15 nitrogen and oxygen atoms in total. The van der Waals surface area contributed by atoms with Gasteiger partial charge < -0.3 is 23.9 Å². The van der Waals surface area contributed by atoms with Crippen LogP contribution in [0.25, 0.3) is 44.3 Å². The molecular formula is C70H99ClN8O7. The minimum Gasteiger partial charge on any atom is -0.469 e. The minimum absolute atomic E-state index is 0.00624. The molecule has 3 aromatic heterocycles. The standard InChI is InChI=1S/C70H99ClN8O7/c1-43(10-22-63(80)84-8)45(3)66(4)27-25-56-48(37-66)12-15-49-36-51(24-28-67(49,56)5)86-65(82)41-77-39-59(73-75-77)46-13-17-52-53-18-14-47(35-62(53)79(33-32-72-71)61(52)34-46)60-40-78(76-74-60)42-70(83)31-30-68(6)50(38-70)16-19-54-57-21-20-55(44(2)11-23-64(81)85-9)69(57,7)29-26-58(54)68/h13-14,17-18,34-35,39-40,43-45,48-51,54-58,72,83H,10-12,15-16,19-33,36-38,41-42H2,1-9H3/t43-,44-,45?,48+,49-,50-,51-,54+,55?,56?,57+,58?,66?,67?,68?,69?,70+/m1/s1. The van der Waals surface area contributed by atoms with Crippen LogP contribution >= 0.6 is 11.8 Å². The van der Waals surface area contributed by atoms with Crippen LogP contribution in [0.2, 0.25) is 0 Å². The molecule has 0 aliphatic heterocycles. The molecule has 86 heavy (non-hydrogen) atoms. The zero-order valence-corrected chi connectivity index (χ0v) is 53.9. The van der Waals surface area contributed by atoms with Gasteiger partial charge in [0.05, 0.1) is 38.8 Å². The number of carbonyl (C=O) groups is 3. The number of halogens is 1. The van der Waals surface area contributed by atoms with Gasteiger partial charge in [-0.05, 0) is 233 Å². The van der Waals surface area contributed by atoms with Crippen molar-refractivity contribution in [2.24, 2.45) is 86.8 Å². The highest BCUT2D eigenvalue weighted by atomic mass is 35.5. The van der Waals surface area contributed by atoms with Crippen molar-refractivity contribution in [3.8, 4) is 22.5 Å². The lowest BCUT2D eigenvalue weighted by atomic mass is 9.43. The molecule has 0 radical (unpaired) electrons. The highest BCUT2D eigenvalue weighted by molar-refractivity contribution is 6.13. The summed E-state index contributed by atoms with van der Waals surface area (Å²) >= 11 is 6.13. The topological polar surface area (TPSA) is 178 Å². The first-order chi connectivity index (χ1) is 41.2. The quantitative estimate of drug-likeness (QED) is 0.0455. The number of fused-ring (bicyclic) bond motifs is 11. The summed E-state index contributed by atoms with van der Waals surface area (Å²) in [6.07, 6.45) is 25.9. The molecule has 7 aliphatic carbocycles. The van der Waals surface area contributed by atoms with E-state index in [1.165, 1.54) is 84.8 Å². The summed E-state index contributed by atoms with van der Waals surface area (Å²) in [6, 6.07) is 12.8. The maximum atomic E-state index is 13.6. The summed E-state index contributed by atoms with van der Waals surface area (Å²) in [5.41, 5.74) is 5.66. The van der Waals surface area contributed by atoms with Crippen molar-refractivity contribution >= 4 is 51.5 Å². The molecule has 7 saturated carbocycles.